The zero-order chi connectivity index (χ0) is 21.5. The minimum Gasteiger partial charge on any atom is -0.444 e. The normalized spacial score (nSPS) is 18.1. The van der Waals surface area contributed by atoms with Gasteiger partial charge in [0.2, 0.25) is 0 Å². The maximum atomic E-state index is 12.3. The molecule has 6 heteroatoms. The number of hydrogen-bond acceptors (Lipinski definition) is 3. The van der Waals surface area contributed by atoms with Crippen molar-refractivity contribution in [3.05, 3.63) is 65.3 Å². The molecular formula is C24H27ClN2O3. The molecule has 4 rings (SSSR count). The molecule has 1 aliphatic heterocycles. The van der Waals surface area contributed by atoms with Crippen LogP contribution in [0.2, 0.25) is 5.02 Å². The van der Waals surface area contributed by atoms with Gasteiger partial charge >= 0.3 is 6.09 Å². The third-order valence-electron chi connectivity index (χ3n) is 5.55. The Morgan fingerprint density at radius 1 is 1.20 bits per heavy atom. The summed E-state index contributed by atoms with van der Waals surface area (Å²) in [5, 5.41) is 4.56. The van der Waals surface area contributed by atoms with Crippen LogP contribution in [-0.4, -0.2) is 29.0 Å². The van der Waals surface area contributed by atoms with Gasteiger partial charge in [-0.15, -0.1) is 0 Å². The van der Waals surface area contributed by atoms with Crippen LogP contribution >= 0.6 is 11.6 Å². The van der Waals surface area contributed by atoms with Crippen molar-refractivity contribution < 1.29 is 14.3 Å². The Morgan fingerprint density at radius 3 is 2.50 bits per heavy atom. The number of anilines is 1. The van der Waals surface area contributed by atoms with Crippen molar-refractivity contribution >= 4 is 34.3 Å². The van der Waals surface area contributed by atoms with Gasteiger partial charge in [-0.3, -0.25) is 5.32 Å². The number of amides is 1. The van der Waals surface area contributed by atoms with Gasteiger partial charge in [-0.1, -0.05) is 36.7 Å². The van der Waals surface area contributed by atoms with Crippen LogP contribution in [0.5, 0.6) is 0 Å². The molecule has 5 nitrogen and oxygen atoms in total. The van der Waals surface area contributed by atoms with E-state index in [0.717, 1.165) is 28.6 Å². The number of hydrogen-bond donors (Lipinski definition) is 1. The highest BCUT2D eigenvalue weighted by atomic mass is 35.5. The molecule has 0 saturated carbocycles. The van der Waals surface area contributed by atoms with Crippen molar-refractivity contribution in [1.29, 1.82) is 0 Å². The van der Waals surface area contributed by atoms with E-state index in [1.54, 1.807) is 0 Å². The SMILES string of the molecule is CCC(c1ccc(Cl)cc1)(C1CO1)n1ccc2c(NC(=O)OC(C)(C)C)cccc21. The molecule has 1 saturated heterocycles. The molecule has 0 radical (unpaired) electrons. The number of halogens is 1. The summed E-state index contributed by atoms with van der Waals surface area (Å²) < 4.78 is 13.5. The molecule has 1 amide bonds. The molecule has 0 bridgehead atoms. The first-order chi connectivity index (χ1) is 14.2. The second-order valence-corrected chi connectivity index (χ2v) is 9.09. The highest BCUT2D eigenvalue weighted by Crippen LogP contribution is 2.44. The molecule has 158 valence electrons. The van der Waals surface area contributed by atoms with E-state index in [1.807, 2.05) is 51.1 Å². The van der Waals surface area contributed by atoms with E-state index in [4.69, 9.17) is 21.1 Å². The fourth-order valence-corrected chi connectivity index (χ4v) is 4.31. The van der Waals surface area contributed by atoms with E-state index in [9.17, 15) is 4.79 Å². The third kappa shape index (κ3) is 3.80. The van der Waals surface area contributed by atoms with Crippen molar-refractivity contribution in [2.75, 3.05) is 11.9 Å². The number of aromatic nitrogens is 1. The van der Waals surface area contributed by atoms with Crippen LogP contribution in [0.3, 0.4) is 0 Å². The van der Waals surface area contributed by atoms with Gasteiger partial charge in [0.25, 0.3) is 0 Å². The standard InChI is InChI=1S/C24H27ClN2O3/c1-5-24(21-15-29-21,16-9-11-17(25)12-10-16)27-14-13-18-19(7-6-8-20(18)27)26-22(28)30-23(2,3)4/h6-14,21H,5,15H2,1-4H3,(H,26,28). The molecule has 3 aromatic rings. The van der Waals surface area contributed by atoms with Crippen LogP contribution in [0, 0.1) is 0 Å². The van der Waals surface area contributed by atoms with E-state index in [-0.39, 0.29) is 11.6 Å². The van der Waals surface area contributed by atoms with E-state index in [1.165, 1.54) is 0 Å². The first kappa shape index (κ1) is 20.8. The Bertz CT molecular complexity index is 1060. The van der Waals surface area contributed by atoms with Crippen LogP contribution in [0.1, 0.15) is 39.7 Å². The average molecular weight is 427 g/mol. The van der Waals surface area contributed by atoms with Gasteiger partial charge in [-0.05, 0) is 63.1 Å². The smallest absolute Gasteiger partial charge is 0.412 e. The predicted molar refractivity (Wildman–Crippen MR) is 120 cm³/mol. The van der Waals surface area contributed by atoms with Gasteiger partial charge in [-0.25, -0.2) is 4.79 Å². The lowest BCUT2D eigenvalue weighted by atomic mass is 9.83. The molecular weight excluding hydrogens is 400 g/mol. The fraction of sp³-hybridized carbons (Fsp3) is 0.375. The number of rotatable bonds is 5. The zero-order valence-electron chi connectivity index (χ0n) is 17.7. The summed E-state index contributed by atoms with van der Waals surface area (Å²) in [6.07, 6.45) is 2.55. The third-order valence-corrected chi connectivity index (χ3v) is 5.80. The molecule has 1 fully saturated rings. The molecule has 0 aliphatic carbocycles. The fourth-order valence-electron chi connectivity index (χ4n) is 4.18. The van der Waals surface area contributed by atoms with Crippen LogP contribution in [-0.2, 0) is 15.0 Å². The van der Waals surface area contributed by atoms with Crippen LogP contribution in [0.4, 0.5) is 10.5 Å². The van der Waals surface area contributed by atoms with Gasteiger partial charge < -0.3 is 14.0 Å². The molecule has 1 aliphatic rings. The van der Waals surface area contributed by atoms with Crippen molar-refractivity contribution in [3.63, 3.8) is 0 Å². The summed E-state index contributed by atoms with van der Waals surface area (Å²) in [5.74, 6) is 0. The molecule has 2 atom stereocenters. The van der Waals surface area contributed by atoms with Gasteiger partial charge in [0.1, 0.15) is 11.7 Å². The minimum atomic E-state index is -0.556. The molecule has 0 spiro atoms. The zero-order valence-corrected chi connectivity index (χ0v) is 18.5. The summed E-state index contributed by atoms with van der Waals surface area (Å²) in [4.78, 5) is 12.3. The van der Waals surface area contributed by atoms with Gasteiger partial charge in [0.15, 0.2) is 0 Å². The number of ether oxygens (including phenoxy) is 2. The summed E-state index contributed by atoms with van der Waals surface area (Å²) in [7, 11) is 0. The summed E-state index contributed by atoms with van der Waals surface area (Å²) in [5.41, 5.74) is 1.99. The molecule has 2 aromatic carbocycles. The van der Waals surface area contributed by atoms with E-state index >= 15 is 0 Å². The molecule has 2 heterocycles. The lowest BCUT2D eigenvalue weighted by Crippen LogP contribution is -2.39. The topological polar surface area (TPSA) is 55.8 Å². The average Bonchev–Trinajstić information content (AvgIpc) is 3.43. The highest BCUT2D eigenvalue weighted by molar-refractivity contribution is 6.30. The number of benzene rings is 2. The Morgan fingerprint density at radius 2 is 1.90 bits per heavy atom. The number of carbonyl (C=O) groups is 1. The minimum absolute atomic E-state index is 0.0850. The lowest BCUT2D eigenvalue weighted by Gasteiger charge is -2.35. The van der Waals surface area contributed by atoms with Crippen molar-refractivity contribution in [2.24, 2.45) is 0 Å². The maximum absolute atomic E-state index is 12.3. The molecule has 1 N–H and O–H groups in total. The van der Waals surface area contributed by atoms with E-state index < -0.39 is 11.7 Å². The monoisotopic (exact) mass is 426 g/mol. The van der Waals surface area contributed by atoms with E-state index in [2.05, 4.69) is 41.2 Å². The number of carbonyl (C=O) groups excluding carboxylic acids is 1. The predicted octanol–water partition coefficient (Wildman–Crippen LogP) is 6.19. The van der Waals surface area contributed by atoms with Gasteiger partial charge in [0.05, 0.1) is 23.3 Å². The molecule has 30 heavy (non-hydrogen) atoms. The number of nitrogens with one attached hydrogen (secondary N) is 1. The summed E-state index contributed by atoms with van der Waals surface area (Å²) in [6, 6.07) is 15.9. The van der Waals surface area contributed by atoms with Crippen molar-refractivity contribution in [3.8, 4) is 0 Å². The van der Waals surface area contributed by atoms with Crippen molar-refractivity contribution in [2.45, 2.75) is 51.4 Å². The second-order valence-electron chi connectivity index (χ2n) is 8.66. The summed E-state index contributed by atoms with van der Waals surface area (Å²) >= 11 is 6.14. The number of epoxide rings is 1. The first-order valence-electron chi connectivity index (χ1n) is 10.2. The molecule has 2 unspecified atom stereocenters. The summed E-state index contributed by atoms with van der Waals surface area (Å²) in [6.45, 7) is 8.43. The molecule has 1 aromatic heterocycles. The maximum Gasteiger partial charge on any atom is 0.412 e. The van der Waals surface area contributed by atoms with Crippen LogP contribution in [0.25, 0.3) is 10.9 Å². The lowest BCUT2D eigenvalue weighted by molar-refractivity contribution is 0.0636. The Hall–Kier alpha value is -2.50. The highest BCUT2D eigenvalue weighted by Gasteiger charge is 2.48. The Labute approximate surface area is 181 Å². The Balaban J connectivity index is 1.78. The van der Waals surface area contributed by atoms with E-state index in [0.29, 0.717) is 11.6 Å². The quantitative estimate of drug-likeness (QED) is 0.494. The Kier molecular flexibility index (Phi) is 5.28. The van der Waals surface area contributed by atoms with Gasteiger partial charge in [-0.2, -0.15) is 0 Å². The van der Waals surface area contributed by atoms with Crippen LogP contribution < -0.4 is 5.32 Å². The number of nitrogens with zero attached hydrogens (tertiary/aromatic N) is 1. The largest absolute Gasteiger partial charge is 0.444 e. The first-order valence-corrected chi connectivity index (χ1v) is 10.6. The van der Waals surface area contributed by atoms with Gasteiger partial charge in [0, 0.05) is 16.6 Å². The number of fused-ring (bicyclic) bond motifs is 1. The van der Waals surface area contributed by atoms with Crippen molar-refractivity contribution in [1.82, 2.24) is 4.57 Å². The second kappa shape index (κ2) is 7.64. The van der Waals surface area contributed by atoms with Crippen LogP contribution in [0.15, 0.2) is 54.7 Å².